The van der Waals surface area contributed by atoms with E-state index in [-0.39, 0.29) is 11.9 Å². The standard InChI is InChI=1S/C17H27N5O2/c1-3-4-8-21-11-7-18-15(21)13-5-9-22(10-6-13)16(23)14-12-20(2)17(24)19-14/h7,11,13-14H,3-6,8-10,12H2,1-2H3,(H,19,24). The molecule has 1 atom stereocenters. The smallest absolute Gasteiger partial charge is 0.317 e. The van der Waals surface area contributed by atoms with Gasteiger partial charge in [-0.3, -0.25) is 4.79 Å². The van der Waals surface area contributed by atoms with Gasteiger partial charge in [0.15, 0.2) is 0 Å². The lowest BCUT2D eigenvalue weighted by Gasteiger charge is -2.33. The maximum atomic E-state index is 12.6. The Hall–Kier alpha value is -2.05. The van der Waals surface area contributed by atoms with E-state index in [0.29, 0.717) is 12.5 Å². The number of aryl methyl sites for hydroxylation is 1. The number of imidazole rings is 1. The van der Waals surface area contributed by atoms with Crippen molar-refractivity contribution in [3.8, 4) is 0 Å². The van der Waals surface area contributed by atoms with Gasteiger partial charge in [0.05, 0.1) is 6.54 Å². The molecule has 7 heteroatoms. The van der Waals surface area contributed by atoms with Gasteiger partial charge in [-0.25, -0.2) is 9.78 Å². The van der Waals surface area contributed by atoms with Crippen LogP contribution in [0, 0.1) is 0 Å². The van der Waals surface area contributed by atoms with Crippen LogP contribution in [0.4, 0.5) is 4.79 Å². The van der Waals surface area contributed by atoms with Crippen LogP contribution in [0.2, 0.25) is 0 Å². The molecule has 3 heterocycles. The summed E-state index contributed by atoms with van der Waals surface area (Å²) >= 11 is 0. The van der Waals surface area contributed by atoms with E-state index in [1.807, 2.05) is 11.1 Å². The van der Waals surface area contributed by atoms with Crippen LogP contribution in [0.25, 0.3) is 0 Å². The van der Waals surface area contributed by atoms with Crippen molar-refractivity contribution < 1.29 is 9.59 Å². The molecule has 2 saturated heterocycles. The summed E-state index contributed by atoms with van der Waals surface area (Å²) in [5.41, 5.74) is 0. The molecule has 132 valence electrons. The fraction of sp³-hybridized carbons (Fsp3) is 0.706. The Balaban J connectivity index is 1.55. The minimum Gasteiger partial charge on any atom is -0.341 e. The topological polar surface area (TPSA) is 70.5 Å². The summed E-state index contributed by atoms with van der Waals surface area (Å²) < 4.78 is 2.26. The van der Waals surface area contributed by atoms with Gasteiger partial charge in [-0.05, 0) is 19.3 Å². The molecule has 2 aliphatic rings. The monoisotopic (exact) mass is 333 g/mol. The van der Waals surface area contributed by atoms with Gasteiger partial charge in [-0.2, -0.15) is 0 Å². The second-order valence-electron chi connectivity index (χ2n) is 6.81. The molecular formula is C17H27N5O2. The molecular weight excluding hydrogens is 306 g/mol. The molecule has 0 aliphatic carbocycles. The largest absolute Gasteiger partial charge is 0.341 e. The van der Waals surface area contributed by atoms with Crippen molar-refractivity contribution in [2.45, 2.75) is 51.1 Å². The van der Waals surface area contributed by atoms with Crippen molar-refractivity contribution in [3.05, 3.63) is 18.2 Å². The highest BCUT2D eigenvalue weighted by atomic mass is 16.2. The van der Waals surface area contributed by atoms with Crippen molar-refractivity contribution >= 4 is 11.9 Å². The van der Waals surface area contributed by atoms with Crippen LogP contribution in [0.3, 0.4) is 0 Å². The van der Waals surface area contributed by atoms with Crippen LogP contribution < -0.4 is 5.32 Å². The molecule has 0 aromatic carbocycles. The zero-order valence-electron chi connectivity index (χ0n) is 14.6. The number of hydrogen-bond donors (Lipinski definition) is 1. The number of rotatable bonds is 5. The maximum absolute atomic E-state index is 12.6. The first-order chi connectivity index (χ1) is 11.6. The second-order valence-corrected chi connectivity index (χ2v) is 6.81. The Morgan fingerprint density at radius 3 is 2.75 bits per heavy atom. The summed E-state index contributed by atoms with van der Waals surface area (Å²) in [7, 11) is 1.71. The second kappa shape index (κ2) is 7.23. The molecule has 3 rings (SSSR count). The van der Waals surface area contributed by atoms with Crippen LogP contribution in [-0.4, -0.2) is 64.0 Å². The van der Waals surface area contributed by atoms with Crippen molar-refractivity contribution in [1.29, 1.82) is 0 Å². The van der Waals surface area contributed by atoms with E-state index < -0.39 is 6.04 Å². The lowest BCUT2D eigenvalue weighted by atomic mass is 9.95. The van der Waals surface area contributed by atoms with Crippen LogP contribution in [0.5, 0.6) is 0 Å². The number of nitrogens with zero attached hydrogens (tertiary/aromatic N) is 4. The van der Waals surface area contributed by atoms with E-state index in [1.165, 1.54) is 6.42 Å². The number of urea groups is 1. The Labute approximate surface area is 143 Å². The molecule has 1 aromatic rings. The zero-order chi connectivity index (χ0) is 17.1. The predicted octanol–water partition coefficient (Wildman–Crippen LogP) is 1.41. The minimum atomic E-state index is -0.398. The third kappa shape index (κ3) is 3.39. The molecule has 24 heavy (non-hydrogen) atoms. The summed E-state index contributed by atoms with van der Waals surface area (Å²) in [6.45, 7) is 5.14. The van der Waals surface area contributed by atoms with Gasteiger partial charge in [0.25, 0.3) is 0 Å². The first-order valence-electron chi connectivity index (χ1n) is 8.91. The van der Waals surface area contributed by atoms with Crippen molar-refractivity contribution in [2.75, 3.05) is 26.7 Å². The maximum Gasteiger partial charge on any atom is 0.317 e. The van der Waals surface area contributed by atoms with Crippen molar-refractivity contribution in [2.24, 2.45) is 0 Å². The summed E-state index contributed by atoms with van der Waals surface area (Å²) in [6, 6.07) is -0.563. The van der Waals surface area contributed by atoms with Crippen LogP contribution in [0.1, 0.15) is 44.3 Å². The Morgan fingerprint density at radius 1 is 1.38 bits per heavy atom. The first-order valence-corrected chi connectivity index (χ1v) is 8.91. The number of amides is 3. The zero-order valence-corrected chi connectivity index (χ0v) is 14.6. The molecule has 3 amide bonds. The van der Waals surface area contributed by atoms with Crippen LogP contribution in [0.15, 0.2) is 12.4 Å². The lowest BCUT2D eigenvalue weighted by Crippen LogP contribution is -2.48. The first kappa shape index (κ1) is 16.8. The Kier molecular flexibility index (Phi) is 5.06. The average molecular weight is 333 g/mol. The van der Waals surface area contributed by atoms with Gasteiger partial charge in [-0.15, -0.1) is 0 Å². The SMILES string of the molecule is CCCCn1ccnc1C1CCN(C(=O)C2CN(C)C(=O)N2)CC1. The molecule has 0 saturated carbocycles. The number of nitrogens with one attached hydrogen (secondary N) is 1. The average Bonchev–Trinajstić information content (AvgIpc) is 3.19. The number of likely N-dealkylation sites (tertiary alicyclic amines) is 1. The predicted molar refractivity (Wildman–Crippen MR) is 90.6 cm³/mol. The highest BCUT2D eigenvalue weighted by Gasteiger charge is 2.35. The van der Waals surface area contributed by atoms with Crippen LogP contribution >= 0.6 is 0 Å². The van der Waals surface area contributed by atoms with Crippen molar-refractivity contribution in [3.63, 3.8) is 0 Å². The molecule has 7 nitrogen and oxygen atoms in total. The summed E-state index contributed by atoms with van der Waals surface area (Å²) in [6.07, 6.45) is 8.15. The molecule has 0 bridgehead atoms. The van der Waals surface area contributed by atoms with Gasteiger partial charge in [-0.1, -0.05) is 13.3 Å². The molecule has 1 aromatic heterocycles. The number of carbonyl (C=O) groups excluding carboxylic acids is 2. The third-order valence-corrected chi connectivity index (χ3v) is 5.07. The van der Waals surface area contributed by atoms with E-state index in [1.54, 1.807) is 11.9 Å². The highest BCUT2D eigenvalue weighted by molar-refractivity contribution is 5.90. The van der Waals surface area contributed by atoms with Crippen molar-refractivity contribution in [1.82, 2.24) is 24.7 Å². The summed E-state index contributed by atoms with van der Waals surface area (Å²) in [5.74, 6) is 1.62. The fourth-order valence-corrected chi connectivity index (χ4v) is 3.58. The molecule has 1 N–H and O–H groups in total. The molecule has 2 fully saturated rings. The summed E-state index contributed by atoms with van der Waals surface area (Å²) in [5, 5.41) is 2.75. The van der Waals surface area contributed by atoms with Gasteiger partial charge in [0, 0.05) is 45.0 Å². The fourth-order valence-electron chi connectivity index (χ4n) is 3.58. The van der Waals surface area contributed by atoms with E-state index in [9.17, 15) is 9.59 Å². The number of piperidine rings is 1. The molecule has 0 spiro atoms. The van der Waals surface area contributed by atoms with Crippen LogP contribution in [-0.2, 0) is 11.3 Å². The van der Waals surface area contributed by atoms with E-state index >= 15 is 0 Å². The van der Waals surface area contributed by atoms with Gasteiger partial charge >= 0.3 is 6.03 Å². The summed E-state index contributed by atoms with van der Waals surface area (Å²) in [4.78, 5) is 32.1. The Bertz CT molecular complexity index is 592. The van der Waals surface area contributed by atoms with Gasteiger partial charge in [0.1, 0.15) is 11.9 Å². The molecule has 2 aliphatic heterocycles. The normalized spacial score (nSPS) is 22.1. The molecule has 0 radical (unpaired) electrons. The van der Waals surface area contributed by atoms with E-state index in [4.69, 9.17) is 0 Å². The highest BCUT2D eigenvalue weighted by Crippen LogP contribution is 2.27. The number of aromatic nitrogens is 2. The number of unbranched alkanes of at least 4 members (excludes halogenated alkanes) is 1. The minimum absolute atomic E-state index is 0.0421. The van der Waals surface area contributed by atoms with Gasteiger partial charge < -0.3 is 19.7 Å². The lowest BCUT2D eigenvalue weighted by molar-refractivity contribution is -0.133. The Morgan fingerprint density at radius 2 is 2.12 bits per heavy atom. The van der Waals surface area contributed by atoms with Gasteiger partial charge in [0.2, 0.25) is 5.91 Å². The number of hydrogen-bond acceptors (Lipinski definition) is 3. The third-order valence-electron chi connectivity index (χ3n) is 5.07. The molecule has 1 unspecified atom stereocenters. The quantitative estimate of drug-likeness (QED) is 0.886. The van der Waals surface area contributed by atoms with E-state index in [0.717, 1.165) is 44.7 Å². The number of carbonyl (C=O) groups is 2. The number of likely N-dealkylation sites (N-methyl/N-ethyl adjacent to an activating group) is 1. The van der Waals surface area contributed by atoms with E-state index in [2.05, 4.69) is 28.0 Å².